The number of unbranched alkanes of at least 4 members (excludes halogenated alkanes) is 1. The van der Waals surface area contributed by atoms with Crippen LogP contribution in [-0.4, -0.2) is 49.6 Å². The van der Waals surface area contributed by atoms with Gasteiger partial charge in [-0.15, -0.1) is 11.3 Å². The van der Waals surface area contributed by atoms with Crippen LogP contribution in [0.15, 0.2) is 10.4 Å². The Morgan fingerprint density at radius 1 is 1.47 bits per heavy atom. The van der Waals surface area contributed by atoms with Gasteiger partial charge < -0.3 is 21.7 Å². The number of anilines is 1. The quantitative estimate of drug-likeness (QED) is 0.371. The molecule has 1 aromatic rings. The summed E-state index contributed by atoms with van der Waals surface area (Å²) in [5.41, 5.74) is 12.3. The molecule has 1 heterocycles. The number of aliphatic imine (C=N–C) groups is 1. The van der Waals surface area contributed by atoms with Gasteiger partial charge in [0.25, 0.3) is 0 Å². The van der Waals surface area contributed by atoms with Gasteiger partial charge in [0, 0.05) is 11.9 Å². The van der Waals surface area contributed by atoms with Crippen molar-refractivity contribution in [3.63, 3.8) is 0 Å². The normalized spacial score (nSPS) is 12.1. The molecule has 1 aromatic heterocycles. The zero-order chi connectivity index (χ0) is 14.1. The molecule has 0 aromatic carbocycles. The van der Waals surface area contributed by atoms with Crippen LogP contribution in [-0.2, 0) is 6.42 Å². The fraction of sp³-hybridized carbons (Fsp3) is 0.667. The molecule has 0 aliphatic heterocycles. The number of nitrogens with one attached hydrogen (secondary N) is 1. The third-order valence-corrected chi connectivity index (χ3v) is 3.31. The van der Waals surface area contributed by atoms with Gasteiger partial charge in [-0.1, -0.05) is 0 Å². The van der Waals surface area contributed by atoms with Crippen molar-refractivity contribution in [2.24, 2.45) is 16.5 Å². The number of likely N-dealkylation sites (N-methyl/N-ethyl adjacent to an activating group) is 1. The Balaban J connectivity index is 2.35. The first-order valence-corrected chi connectivity index (χ1v) is 7.36. The first-order valence-electron chi connectivity index (χ1n) is 6.48. The van der Waals surface area contributed by atoms with E-state index in [1.165, 1.54) is 0 Å². The van der Waals surface area contributed by atoms with Crippen LogP contribution in [0.4, 0.5) is 5.13 Å². The average Bonchev–Trinajstić information content (AvgIpc) is 2.76. The molecule has 19 heavy (non-hydrogen) atoms. The van der Waals surface area contributed by atoms with E-state index in [2.05, 4.69) is 20.2 Å². The number of hydrogen-bond acceptors (Lipinski definition) is 5. The van der Waals surface area contributed by atoms with Gasteiger partial charge in [0.2, 0.25) is 0 Å². The fourth-order valence-corrected chi connectivity index (χ4v) is 2.20. The van der Waals surface area contributed by atoms with E-state index >= 15 is 0 Å². The first kappa shape index (κ1) is 15.9. The summed E-state index contributed by atoms with van der Waals surface area (Å²) in [6.45, 7) is 2.30. The highest BCUT2D eigenvalue weighted by molar-refractivity contribution is 7.13. The van der Waals surface area contributed by atoms with Crippen molar-refractivity contribution in [3.8, 4) is 0 Å². The summed E-state index contributed by atoms with van der Waals surface area (Å²) in [6, 6.07) is 0. The lowest BCUT2D eigenvalue weighted by molar-refractivity contribution is 0.420. The van der Waals surface area contributed by atoms with Gasteiger partial charge in [0.15, 0.2) is 11.1 Å². The van der Waals surface area contributed by atoms with Crippen LogP contribution >= 0.6 is 11.3 Å². The van der Waals surface area contributed by atoms with Gasteiger partial charge >= 0.3 is 0 Å². The zero-order valence-electron chi connectivity index (χ0n) is 11.7. The Morgan fingerprint density at radius 3 is 2.95 bits per heavy atom. The van der Waals surface area contributed by atoms with Crippen LogP contribution in [0.5, 0.6) is 0 Å². The SMILES string of the molecule is CN(C)CCN=C(N)Nc1nc(CCCCN)cs1. The van der Waals surface area contributed by atoms with Crippen molar-refractivity contribution >= 4 is 22.4 Å². The largest absolute Gasteiger partial charge is 0.370 e. The number of guanidine groups is 1. The second kappa shape index (κ2) is 8.84. The van der Waals surface area contributed by atoms with E-state index in [0.29, 0.717) is 12.5 Å². The van der Waals surface area contributed by atoms with Crippen LogP contribution in [0.25, 0.3) is 0 Å². The summed E-state index contributed by atoms with van der Waals surface area (Å²) in [5.74, 6) is 0.421. The zero-order valence-corrected chi connectivity index (χ0v) is 12.5. The summed E-state index contributed by atoms with van der Waals surface area (Å²) < 4.78 is 0. The molecule has 6 nitrogen and oxygen atoms in total. The van der Waals surface area contributed by atoms with E-state index in [4.69, 9.17) is 11.5 Å². The summed E-state index contributed by atoms with van der Waals surface area (Å²) >= 11 is 1.55. The van der Waals surface area contributed by atoms with E-state index in [1.807, 2.05) is 19.5 Å². The number of aromatic nitrogens is 1. The minimum atomic E-state index is 0.421. The van der Waals surface area contributed by atoms with E-state index in [-0.39, 0.29) is 0 Å². The topological polar surface area (TPSA) is 92.6 Å². The van der Waals surface area contributed by atoms with Gasteiger partial charge in [-0.3, -0.25) is 4.99 Å². The molecule has 0 saturated heterocycles. The predicted octanol–water partition coefficient (Wildman–Crippen LogP) is 0.713. The molecule has 0 radical (unpaired) electrons. The van der Waals surface area contributed by atoms with Crippen LogP contribution in [0.1, 0.15) is 18.5 Å². The number of hydrogen-bond donors (Lipinski definition) is 3. The molecule has 1 rings (SSSR count). The van der Waals surface area contributed by atoms with Gasteiger partial charge in [-0.2, -0.15) is 0 Å². The Morgan fingerprint density at radius 2 is 2.26 bits per heavy atom. The third-order valence-electron chi connectivity index (χ3n) is 2.50. The van der Waals surface area contributed by atoms with E-state index in [1.54, 1.807) is 11.3 Å². The lowest BCUT2D eigenvalue weighted by atomic mass is 10.2. The Kier molecular flexibility index (Phi) is 7.39. The number of nitrogens with zero attached hydrogens (tertiary/aromatic N) is 3. The molecule has 0 bridgehead atoms. The summed E-state index contributed by atoms with van der Waals surface area (Å²) in [6.07, 6.45) is 3.08. The maximum Gasteiger partial charge on any atom is 0.194 e. The van der Waals surface area contributed by atoms with Crippen LogP contribution in [0.2, 0.25) is 0 Å². The highest BCUT2D eigenvalue weighted by Crippen LogP contribution is 2.16. The smallest absolute Gasteiger partial charge is 0.194 e. The van der Waals surface area contributed by atoms with Crippen LogP contribution in [0.3, 0.4) is 0 Å². The van der Waals surface area contributed by atoms with Gasteiger partial charge in [0.1, 0.15) is 0 Å². The maximum absolute atomic E-state index is 5.79. The molecule has 0 spiro atoms. The predicted molar refractivity (Wildman–Crippen MR) is 82.8 cm³/mol. The molecular formula is C12H24N6S. The molecule has 0 aliphatic rings. The van der Waals surface area contributed by atoms with E-state index in [0.717, 1.165) is 43.2 Å². The summed E-state index contributed by atoms with van der Waals surface area (Å²) in [5, 5.41) is 5.87. The molecule has 0 aliphatic carbocycles. The molecule has 0 amide bonds. The highest BCUT2D eigenvalue weighted by atomic mass is 32.1. The minimum Gasteiger partial charge on any atom is -0.370 e. The first-order chi connectivity index (χ1) is 9.11. The molecule has 5 N–H and O–H groups in total. The number of nitrogens with two attached hydrogens (primary N) is 2. The summed E-state index contributed by atoms with van der Waals surface area (Å²) in [4.78, 5) is 10.8. The van der Waals surface area contributed by atoms with Crippen molar-refractivity contribution in [2.45, 2.75) is 19.3 Å². The Bertz CT molecular complexity index is 387. The minimum absolute atomic E-state index is 0.421. The third kappa shape index (κ3) is 7.09. The van der Waals surface area contributed by atoms with Crippen molar-refractivity contribution in [3.05, 3.63) is 11.1 Å². The molecule has 0 atom stereocenters. The molecule has 7 heteroatoms. The second-order valence-corrected chi connectivity index (χ2v) is 5.44. The standard InChI is InChI=1S/C12H24N6S/c1-18(2)8-7-15-11(14)17-12-16-10(9-19-12)5-3-4-6-13/h9H,3-8,13H2,1-2H3,(H3,14,15,16,17). The lowest BCUT2D eigenvalue weighted by Crippen LogP contribution is -2.24. The number of thiazole rings is 1. The van der Waals surface area contributed by atoms with Gasteiger partial charge in [-0.25, -0.2) is 4.98 Å². The maximum atomic E-state index is 5.79. The van der Waals surface area contributed by atoms with Gasteiger partial charge in [0.05, 0.1) is 12.2 Å². The van der Waals surface area contributed by atoms with Crippen LogP contribution in [0, 0.1) is 0 Å². The molecule has 0 fully saturated rings. The fourth-order valence-electron chi connectivity index (χ4n) is 1.45. The van der Waals surface area contributed by atoms with Crippen molar-refractivity contribution in [1.82, 2.24) is 9.88 Å². The molecule has 108 valence electrons. The number of aryl methyl sites for hydroxylation is 1. The van der Waals surface area contributed by atoms with E-state index < -0.39 is 0 Å². The molecule has 0 unspecified atom stereocenters. The Hall–Kier alpha value is -1.18. The average molecular weight is 284 g/mol. The van der Waals surface area contributed by atoms with E-state index in [9.17, 15) is 0 Å². The van der Waals surface area contributed by atoms with Crippen LogP contribution < -0.4 is 16.8 Å². The highest BCUT2D eigenvalue weighted by Gasteiger charge is 2.02. The molecule has 0 saturated carbocycles. The summed E-state index contributed by atoms with van der Waals surface area (Å²) in [7, 11) is 4.02. The van der Waals surface area contributed by atoms with Crippen molar-refractivity contribution in [2.75, 3.05) is 39.0 Å². The number of rotatable bonds is 8. The second-order valence-electron chi connectivity index (χ2n) is 4.59. The monoisotopic (exact) mass is 284 g/mol. The van der Waals surface area contributed by atoms with Crippen molar-refractivity contribution < 1.29 is 0 Å². The lowest BCUT2D eigenvalue weighted by Gasteiger charge is -2.07. The molecular weight excluding hydrogens is 260 g/mol. The Labute approximate surface area is 118 Å². The van der Waals surface area contributed by atoms with Crippen molar-refractivity contribution in [1.29, 1.82) is 0 Å². The van der Waals surface area contributed by atoms with Gasteiger partial charge in [-0.05, 0) is 39.9 Å².